The predicted molar refractivity (Wildman–Crippen MR) is 89.3 cm³/mol. The number of methoxy groups -OCH3 is 1. The number of carbonyl (C=O) groups is 1. The molecule has 0 unspecified atom stereocenters. The number of halogens is 2. The summed E-state index contributed by atoms with van der Waals surface area (Å²) in [4.78, 5) is 14.8. The van der Waals surface area contributed by atoms with Crippen molar-refractivity contribution in [2.24, 2.45) is 0 Å². The summed E-state index contributed by atoms with van der Waals surface area (Å²) in [7, 11) is 1.59. The summed E-state index contributed by atoms with van der Waals surface area (Å²) in [6, 6.07) is 5.82. The Morgan fingerprint density at radius 1 is 1.38 bits per heavy atom. The zero-order chi connectivity index (χ0) is 15.2. The van der Waals surface area contributed by atoms with Gasteiger partial charge in [-0.05, 0) is 31.0 Å². The van der Waals surface area contributed by atoms with Gasteiger partial charge in [0.25, 0.3) is 5.91 Å². The minimum absolute atomic E-state index is 0.0203. The highest BCUT2D eigenvalue weighted by Crippen LogP contribution is 2.28. The highest BCUT2D eigenvalue weighted by molar-refractivity contribution is 9.10. The van der Waals surface area contributed by atoms with Gasteiger partial charge in [-0.25, -0.2) is 0 Å². The molecule has 1 aromatic rings. The van der Waals surface area contributed by atoms with Gasteiger partial charge in [0.15, 0.2) is 0 Å². The lowest BCUT2D eigenvalue weighted by Crippen LogP contribution is -2.42. The van der Waals surface area contributed by atoms with Crippen molar-refractivity contribution in [3.8, 4) is 5.75 Å². The summed E-state index contributed by atoms with van der Waals surface area (Å²) in [6.45, 7) is 0.588. The van der Waals surface area contributed by atoms with E-state index in [2.05, 4.69) is 15.9 Å². The van der Waals surface area contributed by atoms with Crippen LogP contribution in [0.1, 0.15) is 42.5 Å². The van der Waals surface area contributed by atoms with Crippen LogP contribution in [0.25, 0.3) is 0 Å². The fourth-order valence-corrected chi connectivity index (χ4v) is 3.45. The molecule has 0 radical (unpaired) electrons. The second kappa shape index (κ2) is 8.04. The summed E-state index contributed by atoms with van der Waals surface area (Å²) in [5.41, 5.74) is 0.608. The number of ether oxygens (including phenoxy) is 1. The van der Waals surface area contributed by atoms with Crippen LogP contribution >= 0.6 is 27.5 Å². The molecule has 0 saturated heterocycles. The zero-order valence-electron chi connectivity index (χ0n) is 12.3. The maximum Gasteiger partial charge on any atom is 0.257 e. The van der Waals surface area contributed by atoms with Crippen LogP contribution in [0.5, 0.6) is 5.75 Å². The zero-order valence-corrected chi connectivity index (χ0v) is 14.6. The monoisotopic (exact) mass is 373 g/mol. The minimum Gasteiger partial charge on any atom is -0.496 e. The van der Waals surface area contributed by atoms with Crippen molar-refractivity contribution >= 4 is 33.4 Å². The molecule has 21 heavy (non-hydrogen) atoms. The highest BCUT2D eigenvalue weighted by atomic mass is 79.9. The summed E-state index contributed by atoms with van der Waals surface area (Å²) >= 11 is 9.32. The third-order valence-electron chi connectivity index (χ3n) is 4.00. The number of hydrogen-bond donors (Lipinski definition) is 0. The second-order valence-electron chi connectivity index (χ2n) is 5.32. The molecule has 116 valence electrons. The van der Waals surface area contributed by atoms with Gasteiger partial charge >= 0.3 is 0 Å². The molecule has 3 nitrogen and oxygen atoms in total. The summed E-state index contributed by atoms with van der Waals surface area (Å²) in [6.07, 6.45) is 5.78. The standard InChI is InChI=1S/C16H21BrClNO2/c1-21-15-11-12(17)7-8-14(15)16(20)19(10-9-18)13-5-3-2-4-6-13/h7-8,11,13H,2-6,9-10H2,1H3. The molecule has 1 aliphatic carbocycles. The first kappa shape index (κ1) is 16.6. The predicted octanol–water partition coefficient (Wildman–Crippen LogP) is 4.47. The maximum absolute atomic E-state index is 12.9. The SMILES string of the molecule is COc1cc(Br)ccc1C(=O)N(CCCl)C1CCCCC1. The van der Waals surface area contributed by atoms with Gasteiger partial charge in [0.05, 0.1) is 12.7 Å². The molecule has 1 amide bonds. The molecule has 0 aliphatic heterocycles. The van der Waals surface area contributed by atoms with Gasteiger partial charge in [-0.1, -0.05) is 35.2 Å². The van der Waals surface area contributed by atoms with Crippen LogP contribution < -0.4 is 4.74 Å². The average molecular weight is 375 g/mol. The van der Waals surface area contributed by atoms with Crippen LogP contribution in [0.4, 0.5) is 0 Å². The first-order valence-corrected chi connectivity index (χ1v) is 8.70. The largest absolute Gasteiger partial charge is 0.496 e. The lowest BCUT2D eigenvalue weighted by molar-refractivity contribution is 0.0646. The van der Waals surface area contributed by atoms with Crippen molar-refractivity contribution in [2.75, 3.05) is 19.5 Å². The smallest absolute Gasteiger partial charge is 0.257 e. The lowest BCUT2D eigenvalue weighted by atomic mass is 9.93. The van der Waals surface area contributed by atoms with E-state index in [0.717, 1.165) is 17.3 Å². The van der Waals surface area contributed by atoms with Crippen molar-refractivity contribution in [3.63, 3.8) is 0 Å². The van der Waals surface area contributed by atoms with E-state index in [1.54, 1.807) is 7.11 Å². The van der Waals surface area contributed by atoms with Gasteiger partial charge in [-0.3, -0.25) is 4.79 Å². The van der Waals surface area contributed by atoms with Crippen LogP contribution in [0.3, 0.4) is 0 Å². The number of nitrogens with zero attached hydrogens (tertiary/aromatic N) is 1. The Kier molecular flexibility index (Phi) is 6.37. The first-order valence-electron chi connectivity index (χ1n) is 7.38. The van der Waals surface area contributed by atoms with Gasteiger partial charge in [-0.2, -0.15) is 0 Å². The van der Waals surface area contributed by atoms with E-state index in [1.165, 1.54) is 19.3 Å². The van der Waals surface area contributed by atoms with Gasteiger partial charge < -0.3 is 9.64 Å². The third-order valence-corrected chi connectivity index (χ3v) is 4.66. The topological polar surface area (TPSA) is 29.5 Å². The van der Waals surface area contributed by atoms with Crippen molar-refractivity contribution in [1.82, 2.24) is 4.90 Å². The third kappa shape index (κ3) is 4.13. The molecule has 0 atom stereocenters. The maximum atomic E-state index is 12.9. The van der Waals surface area contributed by atoms with E-state index >= 15 is 0 Å². The quantitative estimate of drug-likeness (QED) is 0.712. The summed E-state index contributed by atoms with van der Waals surface area (Å²) < 4.78 is 6.25. The number of hydrogen-bond acceptors (Lipinski definition) is 2. The molecule has 0 aromatic heterocycles. The molecular formula is C16H21BrClNO2. The average Bonchev–Trinajstić information content (AvgIpc) is 2.52. The fourth-order valence-electron chi connectivity index (χ4n) is 2.93. The Morgan fingerprint density at radius 3 is 2.71 bits per heavy atom. The Bertz CT molecular complexity index is 489. The number of carbonyl (C=O) groups excluding carboxylic acids is 1. The van der Waals surface area contributed by atoms with Crippen LogP contribution in [0.15, 0.2) is 22.7 Å². The number of amides is 1. The molecule has 0 bridgehead atoms. The van der Waals surface area contributed by atoms with E-state index < -0.39 is 0 Å². The summed E-state index contributed by atoms with van der Waals surface area (Å²) in [5.74, 6) is 1.08. The van der Waals surface area contributed by atoms with Gasteiger partial charge in [0.1, 0.15) is 5.75 Å². The molecule has 0 heterocycles. The van der Waals surface area contributed by atoms with Crippen LogP contribution in [-0.4, -0.2) is 36.4 Å². The molecule has 1 aliphatic rings. The van der Waals surface area contributed by atoms with E-state index in [9.17, 15) is 4.79 Å². The molecular weight excluding hydrogens is 354 g/mol. The molecule has 5 heteroatoms. The van der Waals surface area contributed by atoms with Crippen molar-refractivity contribution in [3.05, 3.63) is 28.2 Å². The fraction of sp³-hybridized carbons (Fsp3) is 0.562. The van der Waals surface area contributed by atoms with Gasteiger partial charge in [0.2, 0.25) is 0 Å². The Morgan fingerprint density at radius 2 is 2.10 bits per heavy atom. The van der Waals surface area contributed by atoms with E-state index in [1.807, 2.05) is 23.1 Å². The number of benzene rings is 1. The molecule has 0 N–H and O–H groups in total. The van der Waals surface area contributed by atoms with Crippen LogP contribution in [0.2, 0.25) is 0 Å². The number of rotatable bonds is 5. The Labute approximate surface area is 139 Å². The molecule has 2 rings (SSSR count). The highest BCUT2D eigenvalue weighted by Gasteiger charge is 2.27. The Balaban J connectivity index is 2.25. The minimum atomic E-state index is 0.0203. The van der Waals surface area contributed by atoms with E-state index in [0.29, 0.717) is 29.8 Å². The lowest BCUT2D eigenvalue weighted by Gasteiger charge is -2.34. The second-order valence-corrected chi connectivity index (χ2v) is 6.62. The molecule has 1 saturated carbocycles. The van der Waals surface area contributed by atoms with E-state index in [-0.39, 0.29) is 5.91 Å². The molecule has 1 fully saturated rings. The van der Waals surface area contributed by atoms with Crippen LogP contribution in [0, 0.1) is 0 Å². The molecule has 1 aromatic carbocycles. The van der Waals surface area contributed by atoms with Gasteiger partial charge in [0, 0.05) is 22.9 Å². The van der Waals surface area contributed by atoms with Crippen molar-refractivity contribution in [1.29, 1.82) is 0 Å². The van der Waals surface area contributed by atoms with Gasteiger partial charge in [-0.15, -0.1) is 11.6 Å². The number of alkyl halides is 1. The normalized spacial score (nSPS) is 15.8. The summed E-state index contributed by atoms with van der Waals surface area (Å²) in [5, 5.41) is 0. The van der Waals surface area contributed by atoms with E-state index in [4.69, 9.17) is 16.3 Å². The van der Waals surface area contributed by atoms with Crippen molar-refractivity contribution in [2.45, 2.75) is 38.1 Å². The van der Waals surface area contributed by atoms with Crippen molar-refractivity contribution < 1.29 is 9.53 Å². The molecule has 0 spiro atoms. The van der Waals surface area contributed by atoms with Crippen LogP contribution in [-0.2, 0) is 0 Å². The Hall–Kier alpha value is -0.740. The first-order chi connectivity index (χ1) is 10.2.